The molecule has 310 valence electrons. The van der Waals surface area contributed by atoms with Gasteiger partial charge in [-0.1, -0.05) is 224 Å². The Bertz CT molecular complexity index is 3680. The summed E-state index contributed by atoms with van der Waals surface area (Å²) < 4.78 is 2.41. The van der Waals surface area contributed by atoms with Crippen LogP contribution in [-0.4, -0.2) is 4.57 Å². The van der Waals surface area contributed by atoms with Crippen molar-refractivity contribution in [3.05, 3.63) is 267 Å². The molecule has 0 spiro atoms. The standard InChI is InChI=1S/C64H44N2/c1-4-21-45(22-5-1)46-41-43-48(44-42-46)51-29-10-14-36-58(51)66(59-37-15-11-30-53(59)55-34-19-26-49-25-18-33-52(63(49)55)47-23-6-2-7-24-47)60-38-16-12-31-54(60)56-35-20-40-62-64(56)57-32-13-17-39-61(57)65(62)50-27-8-3-9-28-50/h1-44H. The van der Waals surface area contributed by atoms with Crippen LogP contribution in [0.15, 0.2) is 267 Å². The Hall–Kier alpha value is -8.72. The van der Waals surface area contributed by atoms with Gasteiger partial charge in [-0.2, -0.15) is 0 Å². The van der Waals surface area contributed by atoms with Crippen LogP contribution in [0, 0.1) is 0 Å². The van der Waals surface area contributed by atoms with Crippen LogP contribution in [-0.2, 0) is 0 Å². The van der Waals surface area contributed by atoms with Crippen molar-refractivity contribution in [2.24, 2.45) is 0 Å². The van der Waals surface area contributed by atoms with E-state index in [4.69, 9.17) is 0 Å². The SMILES string of the molecule is c1ccc(-c2ccc(-c3ccccc3N(c3ccccc3-c3cccc4cccc(-c5ccccc5)c34)c3ccccc3-c3cccc4c3c3ccccc3n4-c3ccccc3)cc2)cc1. The number of rotatable bonds is 9. The highest BCUT2D eigenvalue weighted by Gasteiger charge is 2.26. The molecule has 66 heavy (non-hydrogen) atoms. The summed E-state index contributed by atoms with van der Waals surface area (Å²) >= 11 is 0. The van der Waals surface area contributed by atoms with Crippen LogP contribution in [0.4, 0.5) is 17.1 Å². The van der Waals surface area contributed by atoms with Gasteiger partial charge in [-0.3, -0.25) is 0 Å². The van der Waals surface area contributed by atoms with Gasteiger partial charge < -0.3 is 9.47 Å². The monoisotopic (exact) mass is 840 g/mol. The highest BCUT2D eigenvalue weighted by molar-refractivity contribution is 6.17. The molecule has 11 aromatic carbocycles. The first-order valence-corrected chi connectivity index (χ1v) is 22.7. The molecule has 0 saturated carbocycles. The van der Waals surface area contributed by atoms with Gasteiger partial charge in [0.05, 0.1) is 28.1 Å². The van der Waals surface area contributed by atoms with Gasteiger partial charge in [0.25, 0.3) is 0 Å². The molecule has 12 aromatic rings. The number of aromatic nitrogens is 1. The van der Waals surface area contributed by atoms with Crippen LogP contribution in [0.1, 0.15) is 0 Å². The average Bonchev–Trinajstić information content (AvgIpc) is 3.74. The van der Waals surface area contributed by atoms with E-state index in [-0.39, 0.29) is 0 Å². The van der Waals surface area contributed by atoms with Crippen LogP contribution >= 0.6 is 0 Å². The third-order valence-electron chi connectivity index (χ3n) is 13.0. The topological polar surface area (TPSA) is 8.17 Å². The van der Waals surface area contributed by atoms with E-state index in [2.05, 4.69) is 276 Å². The fourth-order valence-electron chi connectivity index (χ4n) is 10.1. The molecule has 12 rings (SSSR count). The zero-order valence-corrected chi connectivity index (χ0v) is 36.3. The summed E-state index contributed by atoms with van der Waals surface area (Å²) in [6, 6.07) is 97.0. The van der Waals surface area contributed by atoms with Gasteiger partial charge in [0.15, 0.2) is 0 Å². The maximum absolute atomic E-state index is 2.52. The molecule has 0 aliphatic rings. The second-order valence-corrected chi connectivity index (χ2v) is 16.8. The molecule has 0 saturated heterocycles. The molecular formula is C64H44N2. The first kappa shape index (κ1) is 38.9. The smallest absolute Gasteiger partial charge is 0.0547 e. The van der Waals surface area contributed by atoms with Crippen LogP contribution in [0.3, 0.4) is 0 Å². The molecule has 0 aliphatic carbocycles. The summed E-state index contributed by atoms with van der Waals surface area (Å²) in [6.07, 6.45) is 0. The molecular weight excluding hydrogens is 797 g/mol. The van der Waals surface area contributed by atoms with E-state index >= 15 is 0 Å². The maximum Gasteiger partial charge on any atom is 0.0547 e. The van der Waals surface area contributed by atoms with Gasteiger partial charge in [0, 0.05) is 33.2 Å². The molecule has 0 radical (unpaired) electrons. The normalized spacial score (nSPS) is 11.3. The first-order valence-electron chi connectivity index (χ1n) is 22.7. The van der Waals surface area contributed by atoms with E-state index in [1.807, 2.05) is 0 Å². The second-order valence-electron chi connectivity index (χ2n) is 16.8. The maximum atomic E-state index is 2.52. The molecule has 0 aliphatic heterocycles. The zero-order chi connectivity index (χ0) is 43.8. The van der Waals surface area contributed by atoms with E-state index in [0.717, 1.165) is 45.0 Å². The lowest BCUT2D eigenvalue weighted by Gasteiger charge is -2.32. The van der Waals surface area contributed by atoms with Gasteiger partial charge in [-0.15, -0.1) is 0 Å². The Labute approximate surface area is 385 Å². The molecule has 0 N–H and O–H groups in total. The Kier molecular flexibility index (Phi) is 9.89. The quantitative estimate of drug-likeness (QED) is 0.141. The number of para-hydroxylation sites is 5. The molecule has 0 amide bonds. The lowest BCUT2D eigenvalue weighted by atomic mass is 9.90. The lowest BCUT2D eigenvalue weighted by molar-refractivity contribution is 1.18. The van der Waals surface area contributed by atoms with E-state index in [0.29, 0.717) is 0 Å². The van der Waals surface area contributed by atoms with E-state index in [1.54, 1.807) is 0 Å². The Morgan fingerprint density at radius 2 is 0.652 bits per heavy atom. The van der Waals surface area contributed by atoms with Crippen molar-refractivity contribution in [2.45, 2.75) is 0 Å². The van der Waals surface area contributed by atoms with E-state index < -0.39 is 0 Å². The van der Waals surface area contributed by atoms with E-state index in [1.165, 1.54) is 66.0 Å². The van der Waals surface area contributed by atoms with Crippen molar-refractivity contribution in [3.63, 3.8) is 0 Å². The van der Waals surface area contributed by atoms with Crippen molar-refractivity contribution in [3.8, 4) is 61.3 Å². The highest BCUT2D eigenvalue weighted by atomic mass is 15.1. The number of hydrogen-bond donors (Lipinski definition) is 0. The summed E-state index contributed by atoms with van der Waals surface area (Å²) in [5.74, 6) is 0. The number of anilines is 3. The van der Waals surface area contributed by atoms with Gasteiger partial charge >= 0.3 is 0 Å². The van der Waals surface area contributed by atoms with Crippen LogP contribution in [0.25, 0.3) is 93.9 Å². The fraction of sp³-hybridized carbons (Fsp3) is 0. The Morgan fingerprint density at radius 3 is 1.30 bits per heavy atom. The lowest BCUT2D eigenvalue weighted by Crippen LogP contribution is -2.13. The van der Waals surface area contributed by atoms with Gasteiger partial charge in [-0.25, -0.2) is 0 Å². The van der Waals surface area contributed by atoms with Crippen molar-refractivity contribution in [2.75, 3.05) is 4.90 Å². The average molecular weight is 841 g/mol. The van der Waals surface area contributed by atoms with Gasteiger partial charge in [0.1, 0.15) is 0 Å². The summed E-state index contributed by atoms with van der Waals surface area (Å²) in [4.78, 5) is 2.52. The van der Waals surface area contributed by atoms with Crippen LogP contribution < -0.4 is 4.90 Å². The molecule has 2 heteroatoms. The largest absolute Gasteiger partial charge is 0.309 e. The summed E-state index contributed by atoms with van der Waals surface area (Å²) in [5.41, 5.74) is 18.5. The van der Waals surface area contributed by atoms with Gasteiger partial charge in [0.2, 0.25) is 0 Å². The molecule has 1 aromatic heterocycles. The van der Waals surface area contributed by atoms with Crippen LogP contribution in [0.5, 0.6) is 0 Å². The molecule has 1 heterocycles. The molecule has 0 bridgehead atoms. The predicted molar refractivity (Wildman–Crippen MR) is 280 cm³/mol. The zero-order valence-electron chi connectivity index (χ0n) is 36.3. The minimum Gasteiger partial charge on any atom is -0.309 e. The number of hydrogen-bond acceptors (Lipinski definition) is 1. The highest BCUT2D eigenvalue weighted by Crippen LogP contribution is 2.50. The van der Waals surface area contributed by atoms with E-state index in [9.17, 15) is 0 Å². The van der Waals surface area contributed by atoms with Crippen molar-refractivity contribution in [1.29, 1.82) is 0 Å². The van der Waals surface area contributed by atoms with Crippen molar-refractivity contribution >= 4 is 49.6 Å². The number of nitrogens with zero attached hydrogens (tertiary/aromatic N) is 2. The molecule has 0 fully saturated rings. The third kappa shape index (κ3) is 6.75. The Balaban J connectivity index is 1.13. The summed E-state index contributed by atoms with van der Waals surface area (Å²) in [5, 5.41) is 4.88. The van der Waals surface area contributed by atoms with Gasteiger partial charge in [-0.05, 0) is 92.2 Å². The summed E-state index contributed by atoms with van der Waals surface area (Å²) in [7, 11) is 0. The summed E-state index contributed by atoms with van der Waals surface area (Å²) in [6.45, 7) is 0. The number of fused-ring (bicyclic) bond motifs is 4. The van der Waals surface area contributed by atoms with Crippen molar-refractivity contribution in [1.82, 2.24) is 4.57 Å². The molecule has 0 atom stereocenters. The third-order valence-corrected chi connectivity index (χ3v) is 13.0. The molecule has 2 nitrogen and oxygen atoms in total. The Morgan fingerprint density at radius 1 is 0.242 bits per heavy atom. The minimum atomic E-state index is 1.09. The second kappa shape index (κ2) is 16.8. The first-order chi connectivity index (χ1) is 32.8. The van der Waals surface area contributed by atoms with Crippen LogP contribution in [0.2, 0.25) is 0 Å². The predicted octanol–water partition coefficient (Wildman–Crippen LogP) is 17.7. The fourth-order valence-corrected chi connectivity index (χ4v) is 10.1. The van der Waals surface area contributed by atoms with Crippen molar-refractivity contribution < 1.29 is 0 Å². The minimum absolute atomic E-state index is 1.09. The number of benzene rings is 11. The molecule has 0 unspecified atom stereocenters.